The van der Waals surface area contributed by atoms with Crippen molar-refractivity contribution in [2.45, 2.75) is 24.5 Å². The average Bonchev–Trinajstić information content (AvgIpc) is 3.39. The second-order valence-corrected chi connectivity index (χ2v) is 7.51. The summed E-state index contributed by atoms with van der Waals surface area (Å²) in [6, 6.07) is 1.87. The molecule has 4 heterocycles. The lowest BCUT2D eigenvalue weighted by molar-refractivity contribution is -0.0195. The molecule has 1 fully saturated rings. The molecule has 0 bridgehead atoms. The third-order valence-electron chi connectivity index (χ3n) is 5.48. The van der Waals surface area contributed by atoms with Crippen LogP contribution in [0.1, 0.15) is 12.8 Å². The highest BCUT2D eigenvalue weighted by Crippen LogP contribution is 2.41. The minimum atomic E-state index is -0.523. The first-order valence-electron chi connectivity index (χ1n) is 9.20. The number of aliphatic hydroxyl groups is 1. The molecule has 1 aliphatic carbocycles. The molecule has 10 nitrogen and oxygen atoms in total. The number of nitrogens with two attached hydrogens (primary N) is 1. The summed E-state index contributed by atoms with van der Waals surface area (Å²) in [5.41, 5.74) is 9.46. The van der Waals surface area contributed by atoms with Crippen molar-refractivity contribution in [3.05, 3.63) is 48.5 Å². The highest BCUT2D eigenvalue weighted by molar-refractivity contribution is 5.83. The number of nitrogens with zero attached hydrogens (tertiary/aromatic N) is 8. The number of aromatic nitrogens is 7. The van der Waals surface area contributed by atoms with Gasteiger partial charge < -0.3 is 15.7 Å². The minimum Gasteiger partial charge on any atom is -0.393 e. The Labute approximate surface area is 166 Å². The van der Waals surface area contributed by atoms with E-state index in [4.69, 9.17) is 17.3 Å². The molecule has 0 atom stereocenters. The number of fused-ring (bicyclic) bond motifs is 1. The molecule has 5 rings (SSSR count). The van der Waals surface area contributed by atoms with Gasteiger partial charge in [0.25, 0.3) is 0 Å². The van der Waals surface area contributed by atoms with Gasteiger partial charge in [0, 0.05) is 37.8 Å². The van der Waals surface area contributed by atoms with E-state index in [-0.39, 0.29) is 6.54 Å². The Morgan fingerprint density at radius 3 is 2.83 bits per heavy atom. The molecule has 29 heavy (non-hydrogen) atoms. The van der Waals surface area contributed by atoms with Crippen molar-refractivity contribution >= 4 is 11.3 Å². The Balaban J connectivity index is 1.66. The van der Waals surface area contributed by atoms with Crippen molar-refractivity contribution < 1.29 is 5.11 Å². The van der Waals surface area contributed by atoms with Crippen molar-refractivity contribution in [3.8, 4) is 22.5 Å². The lowest BCUT2D eigenvalue weighted by Gasteiger charge is -2.41. The Morgan fingerprint density at radius 1 is 1.31 bits per heavy atom. The van der Waals surface area contributed by atoms with Crippen molar-refractivity contribution in [1.29, 1.82) is 0 Å². The van der Waals surface area contributed by atoms with E-state index < -0.39 is 11.6 Å². The van der Waals surface area contributed by atoms with Crippen LogP contribution in [-0.2, 0) is 12.6 Å². The molecule has 1 aliphatic rings. The first-order valence-corrected chi connectivity index (χ1v) is 9.20. The lowest BCUT2D eigenvalue weighted by atomic mass is 9.74. The molecule has 3 N–H and O–H groups in total. The largest absolute Gasteiger partial charge is 0.393 e. The normalized spacial score (nSPS) is 21.2. The van der Waals surface area contributed by atoms with Crippen LogP contribution in [0, 0.1) is 6.57 Å². The van der Waals surface area contributed by atoms with Gasteiger partial charge in [-0.25, -0.2) is 16.1 Å². The standard InChI is InChI=1S/C19H19N9O/c1-21-11-19(5-13(29)6-19)28-9-14(18(20)25-28)17-16-3-4-22-27(16)10-15(24-17)12-7-23-26(2)8-12/h3-4,7-10,13,29H,5-6,11H2,2H3,(H2,20,25). The predicted octanol–water partition coefficient (Wildman–Crippen LogP) is 1.34. The van der Waals surface area contributed by atoms with Crippen LogP contribution in [0.25, 0.3) is 32.9 Å². The summed E-state index contributed by atoms with van der Waals surface area (Å²) >= 11 is 0. The molecule has 0 amide bonds. The smallest absolute Gasteiger partial charge is 0.239 e. The van der Waals surface area contributed by atoms with E-state index in [0.29, 0.717) is 35.6 Å². The van der Waals surface area contributed by atoms with Crippen LogP contribution in [0.2, 0.25) is 0 Å². The molecule has 0 unspecified atom stereocenters. The fraction of sp³-hybridized carbons (Fsp3) is 0.316. The molecule has 4 aromatic heterocycles. The summed E-state index contributed by atoms with van der Waals surface area (Å²) in [6.07, 6.45) is 9.57. The fourth-order valence-corrected chi connectivity index (χ4v) is 3.98. The zero-order valence-corrected chi connectivity index (χ0v) is 15.8. The highest BCUT2D eigenvalue weighted by Gasteiger charge is 2.49. The van der Waals surface area contributed by atoms with Gasteiger partial charge in [-0.15, -0.1) is 0 Å². The van der Waals surface area contributed by atoms with E-state index in [0.717, 1.165) is 11.1 Å². The Bertz CT molecular complexity index is 1250. The van der Waals surface area contributed by atoms with Gasteiger partial charge in [0.15, 0.2) is 5.82 Å². The van der Waals surface area contributed by atoms with Crippen molar-refractivity contribution in [1.82, 2.24) is 34.2 Å². The highest BCUT2D eigenvalue weighted by atomic mass is 16.3. The fourth-order valence-electron chi connectivity index (χ4n) is 3.98. The number of hydrogen-bond acceptors (Lipinski definition) is 6. The van der Waals surface area contributed by atoms with Gasteiger partial charge in [0.05, 0.1) is 41.5 Å². The quantitative estimate of drug-likeness (QED) is 0.509. The molecule has 1 saturated carbocycles. The number of rotatable bonds is 4. The Kier molecular flexibility index (Phi) is 3.69. The number of aryl methyl sites for hydroxylation is 1. The van der Waals surface area contributed by atoms with Crippen LogP contribution in [0.4, 0.5) is 5.82 Å². The van der Waals surface area contributed by atoms with Crippen molar-refractivity contribution in [2.75, 3.05) is 12.3 Å². The molecule has 0 saturated heterocycles. The van der Waals surface area contributed by atoms with Crippen LogP contribution in [0.3, 0.4) is 0 Å². The summed E-state index contributed by atoms with van der Waals surface area (Å²) in [5, 5.41) is 22.9. The zero-order valence-electron chi connectivity index (χ0n) is 15.8. The van der Waals surface area contributed by atoms with E-state index in [2.05, 4.69) is 20.1 Å². The van der Waals surface area contributed by atoms with Gasteiger partial charge in [-0.2, -0.15) is 15.3 Å². The van der Waals surface area contributed by atoms with Crippen LogP contribution in [0.15, 0.2) is 37.1 Å². The zero-order chi connectivity index (χ0) is 20.2. The summed E-state index contributed by atoms with van der Waals surface area (Å²) in [7, 11) is 1.85. The molecule has 0 aliphatic heterocycles. The summed E-state index contributed by atoms with van der Waals surface area (Å²) < 4.78 is 5.20. The molecular formula is C19H19N9O. The third kappa shape index (κ3) is 2.67. The number of anilines is 1. The maximum atomic E-state index is 9.84. The molecule has 4 aromatic rings. The number of nitrogen functional groups attached to an aromatic ring is 1. The molecule has 0 radical (unpaired) electrons. The van der Waals surface area contributed by atoms with E-state index in [1.807, 2.05) is 31.7 Å². The molecule has 146 valence electrons. The first kappa shape index (κ1) is 17.4. The summed E-state index contributed by atoms with van der Waals surface area (Å²) in [4.78, 5) is 8.38. The Hall–Kier alpha value is -3.71. The molecular weight excluding hydrogens is 370 g/mol. The van der Waals surface area contributed by atoms with E-state index in [9.17, 15) is 5.11 Å². The SMILES string of the molecule is [C-]#[N+]CC1(n2cc(-c3nc(-c4cnn(C)c4)cn4nccc34)c(N)n2)CC(O)C1. The van der Waals surface area contributed by atoms with Gasteiger partial charge >= 0.3 is 0 Å². The first-order chi connectivity index (χ1) is 14.0. The van der Waals surface area contributed by atoms with Gasteiger partial charge in [0.2, 0.25) is 6.54 Å². The van der Waals surface area contributed by atoms with Crippen LogP contribution >= 0.6 is 0 Å². The monoisotopic (exact) mass is 389 g/mol. The molecule has 10 heteroatoms. The maximum Gasteiger partial charge on any atom is 0.239 e. The minimum absolute atomic E-state index is 0.246. The third-order valence-corrected chi connectivity index (χ3v) is 5.48. The number of hydrogen-bond donors (Lipinski definition) is 2. The molecule has 0 spiro atoms. The average molecular weight is 389 g/mol. The van der Waals surface area contributed by atoms with Gasteiger partial charge in [-0.1, -0.05) is 0 Å². The summed E-state index contributed by atoms with van der Waals surface area (Å²) in [6.45, 7) is 7.53. The lowest BCUT2D eigenvalue weighted by Crippen LogP contribution is -2.51. The predicted molar refractivity (Wildman–Crippen MR) is 106 cm³/mol. The maximum absolute atomic E-state index is 9.84. The topological polar surface area (TPSA) is 116 Å². The van der Waals surface area contributed by atoms with E-state index in [1.54, 1.807) is 26.3 Å². The van der Waals surface area contributed by atoms with E-state index >= 15 is 0 Å². The van der Waals surface area contributed by atoms with Gasteiger partial charge in [0.1, 0.15) is 11.2 Å². The van der Waals surface area contributed by atoms with Crippen LogP contribution < -0.4 is 5.73 Å². The second kappa shape index (κ2) is 6.15. The summed E-state index contributed by atoms with van der Waals surface area (Å²) in [5.74, 6) is 0.328. The van der Waals surface area contributed by atoms with Crippen molar-refractivity contribution in [3.63, 3.8) is 0 Å². The van der Waals surface area contributed by atoms with Crippen LogP contribution in [-0.4, -0.2) is 51.9 Å². The van der Waals surface area contributed by atoms with Gasteiger partial charge in [-0.05, 0) is 6.07 Å². The Morgan fingerprint density at radius 2 is 2.14 bits per heavy atom. The second-order valence-electron chi connectivity index (χ2n) is 7.51. The van der Waals surface area contributed by atoms with Crippen LogP contribution in [0.5, 0.6) is 0 Å². The molecule has 0 aromatic carbocycles. The van der Waals surface area contributed by atoms with E-state index in [1.165, 1.54) is 0 Å². The van der Waals surface area contributed by atoms with Gasteiger partial charge in [-0.3, -0.25) is 9.36 Å². The number of aliphatic hydroxyl groups excluding tert-OH is 1. The van der Waals surface area contributed by atoms with Crippen molar-refractivity contribution in [2.24, 2.45) is 7.05 Å².